The molecule has 0 aliphatic carbocycles. The highest BCUT2D eigenvalue weighted by atomic mass is 32.2. The number of carbonyl (C=O) groups is 1. The van der Waals surface area contributed by atoms with Crippen molar-refractivity contribution < 1.29 is 4.79 Å². The van der Waals surface area contributed by atoms with Crippen LogP contribution in [0.15, 0.2) is 64.3 Å². The maximum Gasteiger partial charge on any atom is 0.252 e. The molecule has 0 saturated carbocycles. The molecule has 2 aromatic carbocycles. The SMILES string of the molecule is Cc1ccc(CSCCNC(=O)c2ccccc2SCc2cscn2)cc1. The van der Waals surface area contributed by atoms with Crippen LogP contribution in [0.3, 0.4) is 0 Å². The molecule has 27 heavy (non-hydrogen) atoms. The number of nitrogens with one attached hydrogen (secondary N) is 1. The lowest BCUT2D eigenvalue weighted by molar-refractivity contribution is 0.0953. The van der Waals surface area contributed by atoms with E-state index in [-0.39, 0.29) is 5.91 Å². The average Bonchev–Trinajstić information content (AvgIpc) is 3.21. The van der Waals surface area contributed by atoms with E-state index in [0.29, 0.717) is 6.54 Å². The van der Waals surface area contributed by atoms with Gasteiger partial charge in [-0.15, -0.1) is 23.1 Å². The third-order valence-corrected chi connectivity index (χ3v) is 6.68. The Kier molecular flexibility index (Phi) is 7.80. The molecule has 3 rings (SSSR count). The third-order valence-electron chi connectivity index (χ3n) is 3.91. The van der Waals surface area contributed by atoms with Gasteiger partial charge in [-0.2, -0.15) is 11.8 Å². The first-order chi connectivity index (χ1) is 13.2. The lowest BCUT2D eigenvalue weighted by Crippen LogP contribution is -2.26. The van der Waals surface area contributed by atoms with Crippen molar-refractivity contribution in [3.05, 3.63) is 81.8 Å². The zero-order valence-electron chi connectivity index (χ0n) is 15.2. The number of aromatic nitrogens is 1. The minimum atomic E-state index is -0.00712. The summed E-state index contributed by atoms with van der Waals surface area (Å²) in [6, 6.07) is 16.4. The van der Waals surface area contributed by atoms with Crippen molar-refractivity contribution >= 4 is 40.8 Å². The highest BCUT2D eigenvalue weighted by molar-refractivity contribution is 7.98. The number of thioether (sulfide) groups is 2. The van der Waals surface area contributed by atoms with Gasteiger partial charge in [-0.25, -0.2) is 4.98 Å². The van der Waals surface area contributed by atoms with Crippen molar-refractivity contribution in [2.45, 2.75) is 23.3 Å². The van der Waals surface area contributed by atoms with Crippen LogP contribution in [0.5, 0.6) is 0 Å². The maximum absolute atomic E-state index is 12.6. The van der Waals surface area contributed by atoms with Crippen molar-refractivity contribution in [1.82, 2.24) is 10.3 Å². The van der Waals surface area contributed by atoms with Crippen LogP contribution in [-0.4, -0.2) is 23.2 Å². The van der Waals surface area contributed by atoms with E-state index in [4.69, 9.17) is 0 Å². The van der Waals surface area contributed by atoms with Crippen LogP contribution in [-0.2, 0) is 11.5 Å². The summed E-state index contributed by atoms with van der Waals surface area (Å²) < 4.78 is 0. The van der Waals surface area contributed by atoms with Gasteiger partial charge in [0.25, 0.3) is 5.91 Å². The Morgan fingerprint density at radius 3 is 2.70 bits per heavy atom. The molecular weight excluding hydrogens is 392 g/mol. The van der Waals surface area contributed by atoms with Crippen LogP contribution in [0.1, 0.15) is 27.2 Å². The Labute approximate surface area is 173 Å². The van der Waals surface area contributed by atoms with E-state index in [9.17, 15) is 4.79 Å². The molecular formula is C21H22N2OS3. The van der Waals surface area contributed by atoms with Gasteiger partial charge in [0, 0.05) is 34.1 Å². The molecule has 0 spiro atoms. The molecule has 6 heteroatoms. The molecule has 1 amide bonds. The molecule has 3 nitrogen and oxygen atoms in total. The minimum Gasteiger partial charge on any atom is -0.351 e. The van der Waals surface area contributed by atoms with Crippen molar-refractivity contribution in [2.75, 3.05) is 12.3 Å². The molecule has 0 aliphatic rings. The molecule has 0 saturated heterocycles. The summed E-state index contributed by atoms with van der Waals surface area (Å²) in [5.41, 5.74) is 6.22. The molecule has 1 N–H and O–H groups in total. The van der Waals surface area contributed by atoms with Crippen LogP contribution in [0, 0.1) is 6.92 Å². The standard InChI is InChI=1S/C21H22N2OS3/c1-16-6-8-17(9-7-16)12-25-11-10-22-21(24)19-4-2-3-5-20(19)27-14-18-13-26-15-23-18/h2-9,13,15H,10-12,14H2,1H3,(H,22,24). The molecule has 1 heterocycles. The smallest absolute Gasteiger partial charge is 0.252 e. The van der Waals surface area contributed by atoms with Gasteiger partial charge in [0.1, 0.15) is 0 Å². The molecule has 140 valence electrons. The van der Waals surface area contributed by atoms with Gasteiger partial charge in [-0.05, 0) is 24.6 Å². The Morgan fingerprint density at radius 1 is 1.11 bits per heavy atom. The van der Waals surface area contributed by atoms with E-state index < -0.39 is 0 Å². The molecule has 0 unspecified atom stereocenters. The second-order valence-electron chi connectivity index (χ2n) is 6.06. The van der Waals surface area contributed by atoms with Gasteiger partial charge in [-0.1, -0.05) is 42.0 Å². The van der Waals surface area contributed by atoms with Gasteiger partial charge >= 0.3 is 0 Å². The fourth-order valence-corrected chi connectivity index (χ4v) is 4.88. The summed E-state index contributed by atoms with van der Waals surface area (Å²) in [6.07, 6.45) is 0. The summed E-state index contributed by atoms with van der Waals surface area (Å²) in [7, 11) is 0. The summed E-state index contributed by atoms with van der Waals surface area (Å²) in [5, 5.41) is 5.08. The Morgan fingerprint density at radius 2 is 1.93 bits per heavy atom. The number of hydrogen-bond donors (Lipinski definition) is 1. The maximum atomic E-state index is 12.6. The largest absolute Gasteiger partial charge is 0.351 e. The quantitative estimate of drug-likeness (QED) is 0.376. The van der Waals surface area contributed by atoms with Crippen LogP contribution in [0.25, 0.3) is 0 Å². The van der Waals surface area contributed by atoms with Gasteiger partial charge in [0.2, 0.25) is 0 Å². The first-order valence-corrected chi connectivity index (χ1v) is 11.8. The summed E-state index contributed by atoms with van der Waals surface area (Å²) in [6.45, 7) is 2.76. The number of benzene rings is 2. The number of thiazole rings is 1. The number of aryl methyl sites for hydroxylation is 1. The van der Waals surface area contributed by atoms with Crippen molar-refractivity contribution in [2.24, 2.45) is 0 Å². The number of amides is 1. The van der Waals surface area contributed by atoms with Gasteiger partial charge in [0.05, 0.1) is 16.8 Å². The number of hydrogen-bond acceptors (Lipinski definition) is 5. The van der Waals surface area contributed by atoms with Crippen LogP contribution in [0.4, 0.5) is 0 Å². The first kappa shape index (κ1) is 20.0. The number of carbonyl (C=O) groups excluding carboxylic acids is 1. The van der Waals surface area contributed by atoms with Gasteiger partial charge in [0.15, 0.2) is 0 Å². The second-order valence-corrected chi connectivity index (χ2v) is 8.90. The van der Waals surface area contributed by atoms with E-state index in [1.807, 2.05) is 46.9 Å². The third kappa shape index (κ3) is 6.41. The molecule has 0 fully saturated rings. The zero-order valence-corrected chi connectivity index (χ0v) is 17.6. The average molecular weight is 415 g/mol. The highest BCUT2D eigenvalue weighted by Gasteiger charge is 2.11. The minimum absolute atomic E-state index is 0.00712. The lowest BCUT2D eigenvalue weighted by Gasteiger charge is -2.09. The van der Waals surface area contributed by atoms with Crippen LogP contribution < -0.4 is 5.32 Å². The highest BCUT2D eigenvalue weighted by Crippen LogP contribution is 2.26. The first-order valence-electron chi connectivity index (χ1n) is 8.73. The fourth-order valence-electron chi connectivity index (χ4n) is 2.45. The van der Waals surface area contributed by atoms with E-state index in [2.05, 4.69) is 41.5 Å². The Hall–Kier alpha value is -1.76. The molecule has 0 radical (unpaired) electrons. The second kappa shape index (κ2) is 10.5. The summed E-state index contributed by atoms with van der Waals surface area (Å²) in [4.78, 5) is 17.8. The normalized spacial score (nSPS) is 10.7. The van der Waals surface area contributed by atoms with Crippen LogP contribution >= 0.6 is 34.9 Å². The monoisotopic (exact) mass is 414 g/mol. The van der Waals surface area contributed by atoms with Crippen molar-refractivity contribution in [3.8, 4) is 0 Å². The Bertz CT molecular complexity index is 848. The number of rotatable bonds is 9. The zero-order chi connectivity index (χ0) is 18.9. The van der Waals surface area contributed by atoms with Gasteiger partial charge in [-0.3, -0.25) is 4.79 Å². The van der Waals surface area contributed by atoms with E-state index in [1.54, 1.807) is 23.1 Å². The number of nitrogens with zero attached hydrogens (tertiary/aromatic N) is 1. The van der Waals surface area contributed by atoms with E-state index in [0.717, 1.165) is 33.4 Å². The van der Waals surface area contributed by atoms with Gasteiger partial charge < -0.3 is 5.32 Å². The summed E-state index contributed by atoms with van der Waals surface area (Å²) >= 11 is 5.08. The molecule has 1 aromatic heterocycles. The molecule has 3 aromatic rings. The van der Waals surface area contributed by atoms with Crippen LogP contribution in [0.2, 0.25) is 0 Å². The molecule has 0 atom stereocenters. The lowest BCUT2D eigenvalue weighted by atomic mass is 10.2. The van der Waals surface area contributed by atoms with Crippen molar-refractivity contribution in [3.63, 3.8) is 0 Å². The topological polar surface area (TPSA) is 42.0 Å². The summed E-state index contributed by atoms with van der Waals surface area (Å²) in [5.74, 6) is 2.64. The van der Waals surface area contributed by atoms with Crippen molar-refractivity contribution in [1.29, 1.82) is 0 Å². The predicted molar refractivity (Wildman–Crippen MR) is 118 cm³/mol. The fraction of sp³-hybridized carbons (Fsp3) is 0.238. The Balaban J connectivity index is 1.44. The molecule has 0 bridgehead atoms. The van der Waals surface area contributed by atoms with E-state index in [1.165, 1.54) is 11.1 Å². The molecule has 0 aliphatic heterocycles. The predicted octanol–water partition coefficient (Wildman–Crippen LogP) is 5.41. The van der Waals surface area contributed by atoms with E-state index >= 15 is 0 Å².